The molecule has 0 radical (unpaired) electrons. The Balaban J connectivity index is 1.91. The highest BCUT2D eigenvalue weighted by Crippen LogP contribution is 2.32. The van der Waals surface area contributed by atoms with Crippen LogP contribution in [0.1, 0.15) is 15.9 Å². The molecule has 0 saturated heterocycles. The van der Waals surface area contributed by atoms with Crippen LogP contribution >= 0.6 is 23.2 Å². The van der Waals surface area contributed by atoms with Gasteiger partial charge in [-0.2, -0.15) is 0 Å². The summed E-state index contributed by atoms with van der Waals surface area (Å²) < 4.78 is 10.0. The first-order chi connectivity index (χ1) is 12.8. The Morgan fingerprint density at radius 2 is 1.70 bits per heavy atom. The lowest BCUT2D eigenvalue weighted by Gasteiger charge is -2.11. The largest absolute Gasteiger partial charge is 0.484 e. The molecule has 0 aliphatic heterocycles. The van der Waals surface area contributed by atoms with Crippen LogP contribution < -0.4 is 15.8 Å². The summed E-state index contributed by atoms with van der Waals surface area (Å²) in [6.45, 7) is 0.985. The number of carbonyl (C=O) groups excluding carboxylic acids is 3. The fraction of sp³-hybridized carbons (Fsp3) is 0.167. The third kappa shape index (κ3) is 5.87. The molecule has 0 unspecified atom stereocenters. The van der Waals surface area contributed by atoms with Crippen LogP contribution in [-0.4, -0.2) is 31.0 Å². The van der Waals surface area contributed by atoms with Crippen LogP contribution in [0.2, 0.25) is 10.0 Å². The lowest BCUT2D eigenvalue weighted by atomic mass is 10.2. The number of esters is 1. The van der Waals surface area contributed by atoms with E-state index in [1.165, 1.54) is 24.3 Å². The number of anilines is 1. The summed E-state index contributed by atoms with van der Waals surface area (Å²) in [4.78, 5) is 34.7. The average molecular weight is 411 g/mol. The molecule has 0 aliphatic rings. The molecule has 0 aromatic heterocycles. The SMILES string of the molecule is Cc1ccc(Cl)c(NC(=O)COC(=O)c2ccc(OCC(N)=O)cc2)c1Cl. The Morgan fingerprint density at radius 1 is 1.04 bits per heavy atom. The monoisotopic (exact) mass is 410 g/mol. The summed E-state index contributed by atoms with van der Waals surface area (Å²) >= 11 is 12.1. The van der Waals surface area contributed by atoms with Crippen LogP contribution in [0.4, 0.5) is 5.69 Å². The van der Waals surface area contributed by atoms with Crippen molar-refractivity contribution in [3.05, 3.63) is 57.6 Å². The number of nitrogens with two attached hydrogens (primary N) is 1. The second-order valence-corrected chi connectivity index (χ2v) is 6.24. The van der Waals surface area contributed by atoms with Gasteiger partial charge < -0.3 is 20.5 Å². The van der Waals surface area contributed by atoms with Crippen molar-refractivity contribution in [2.24, 2.45) is 5.73 Å². The maximum Gasteiger partial charge on any atom is 0.338 e. The molecule has 0 atom stereocenters. The van der Waals surface area contributed by atoms with Crippen molar-refractivity contribution in [3.8, 4) is 5.75 Å². The maximum absolute atomic E-state index is 12.0. The summed E-state index contributed by atoms with van der Waals surface area (Å²) in [6.07, 6.45) is 0. The van der Waals surface area contributed by atoms with Gasteiger partial charge in [-0.15, -0.1) is 0 Å². The minimum absolute atomic E-state index is 0.209. The van der Waals surface area contributed by atoms with Crippen molar-refractivity contribution >= 4 is 46.7 Å². The number of primary amides is 1. The molecule has 7 nitrogen and oxygen atoms in total. The lowest BCUT2D eigenvalue weighted by molar-refractivity contribution is -0.120. The van der Waals surface area contributed by atoms with E-state index in [2.05, 4.69) is 5.32 Å². The molecule has 2 aromatic carbocycles. The molecular formula is C18H16Cl2N2O5. The van der Waals surface area contributed by atoms with Gasteiger partial charge in [0, 0.05) is 0 Å². The summed E-state index contributed by atoms with van der Waals surface area (Å²) in [5.74, 6) is -1.53. The van der Waals surface area contributed by atoms with Crippen LogP contribution in [0, 0.1) is 6.92 Å². The van der Waals surface area contributed by atoms with Gasteiger partial charge in [-0.25, -0.2) is 4.79 Å². The van der Waals surface area contributed by atoms with E-state index in [1.54, 1.807) is 19.1 Å². The van der Waals surface area contributed by atoms with E-state index in [0.717, 1.165) is 5.56 Å². The molecule has 0 spiro atoms. The van der Waals surface area contributed by atoms with Crippen LogP contribution in [0.15, 0.2) is 36.4 Å². The zero-order chi connectivity index (χ0) is 20.0. The number of nitrogens with one attached hydrogen (secondary N) is 1. The Hall–Kier alpha value is -2.77. The van der Waals surface area contributed by atoms with Gasteiger partial charge in [-0.1, -0.05) is 29.3 Å². The Labute approximate surface area is 165 Å². The zero-order valence-electron chi connectivity index (χ0n) is 14.3. The summed E-state index contributed by atoms with van der Waals surface area (Å²) in [5.41, 5.74) is 6.19. The molecule has 2 aromatic rings. The minimum Gasteiger partial charge on any atom is -0.484 e. The van der Waals surface area contributed by atoms with Crippen molar-refractivity contribution in [2.75, 3.05) is 18.5 Å². The Morgan fingerprint density at radius 3 is 2.33 bits per heavy atom. The molecule has 142 valence electrons. The molecule has 3 N–H and O–H groups in total. The number of hydrogen-bond donors (Lipinski definition) is 2. The highest BCUT2D eigenvalue weighted by atomic mass is 35.5. The van der Waals surface area contributed by atoms with Gasteiger partial charge in [0.05, 0.1) is 21.3 Å². The average Bonchev–Trinajstić information content (AvgIpc) is 2.65. The quantitative estimate of drug-likeness (QED) is 0.682. The number of rotatable bonds is 7. The number of aryl methyl sites for hydroxylation is 1. The van der Waals surface area contributed by atoms with Crippen molar-refractivity contribution in [2.45, 2.75) is 6.92 Å². The molecule has 2 rings (SSSR count). The van der Waals surface area contributed by atoms with Crippen molar-refractivity contribution in [1.29, 1.82) is 0 Å². The van der Waals surface area contributed by atoms with E-state index in [-0.39, 0.29) is 22.9 Å². The predicted molar refractivity (Wildman–Crippen MR) is 101 cm³/mol. The van der Waals surface area contributed by atoms with Gasteiger partial charge in [-0.05, 0) is 42.8 Å². The van der Waals surface area contributed by atoms with Crippen LogP contribution in [0.5, 0.6) is 5.75 Å². The number of halogens is 2. The molecule has 9 heteroatoms. The van der Waals surface area contributed by atoms with E-state index in [1.807, 2.05) is 0 Å². The first kappa shape index (κ1) is 20.5. The van der Waals surface area contributed by atoms with Crippen LogP contribution in [0.3, 0.4) is 0 Å². The van der Waals surface area contributed by atoms with Gasteiger partial charge in [0.15, 0.2) is 13.2 Å². The van der Waals surface area contributed by atoms with Gasteiger partial charge in [0.1, 0.15) is 5.75 Å². The molecule has 2 amide bonds. The lowest BCUT2D eigenvalue weighted by Crippen LogP contribution is -2.21. The van der Waals surface area contributed by atoms with Crippen molar-refractivity contribution in [3.63, 3.8) is 0 Å². The molecule has 0 saturated carbocycles. The van der Waals surface area contributed by atoms with Gasteiger partial charge in [0.2, 0.25) is 0 Å². The third-order valence-electron chi connectivity index (χ3n) is 3.35. The normalized spacial score (nSPS) is 10.2. The number of ether oxygens (including phenoxy) is 2. The van der Waals surface area contributed by atoms with Crippen LogP contribution in [0.25, 0.3) is 0 Å². The highest BCUT2D eigenvalue weighted by Gasteiger charge is 2.14. The number of carbonyl (C=O) groups is 3. The summed E-state index contributed by atoms with van der Waals surface area (Å²) in [7, 11) is 0. The number of benzene rings is 2. The Bertz CT molecular complexity index is 869. The van der Waals surface area contributed by atoms with Gasteiger partial charge in [0.25, 0.3) is 11.8 Å². The molecule has 0 bridgehead atoms. The van der Waals surface area contributed by atoms with Crippen molar-refractivity contribution in [1.82, 2.24) is 0 Å². The molecule has 0 heterocycles. The molecule has 0 aliphatic carbocycles. The summed E-state index contributed by atoms with van der Waals surface area (Å²) in [5, 5.41) is 3.11. The molecule has 0 fully saturated rings. The van der Waals surface area contributed by atoms with E-state index in [9.17, 15) is 14.4 Å². The summed E-state index contributed by atoms with van der Waals surface area (Å²) in [6, 6.07) is 9.15. The van der Waals surface area contributed by atoms with E-state index < -0.39 is 24.4 Å². The molecule has 27 heavy (non-hydrogen) atoms. The topological polar surface area (TPSA) is 108 Å². The van der Waals surface area contributed by atoms with Gasteiger partial charge >= 0.3 is 5.97 Å². The first-order valence-electron chi connectivity index (χ1n) is 7.70. The molecular weight excluding hydrogens is 395 g/mol. The fourth-order valence-corrected chi connectivity index (χ4v) is 2.47. The third-order valence-corrected chi connectivity index (χ3v) is 4.16. The number of hydrogen-bond acceptors (Lipinski definition) is 5. The van der Waals surface area contributed by atoms with E-state index >= 15 is 0 Å². The fourth-order valence-electron chi connectivity index (χ4n) is 2.00. The smallest absolute Gasteiger partial charge is 0.338 e. The van der Waals surface area contributed by atoms with Crippen molar-refractivity contribution < 1.29 is 23.9 Å². The number of amides is 2. The van der Waals surface area contributed by atoms with E-state index in [0.29, 0.717) is 10.8 Å². The Kier molecular flexibility index (Phi) is 7.04. The standard InChI is InChI=1S/C18H16Cl2N2O5/c1-10-2-7-13(19)17(16(10)20)22-15(24)9-27-18(25)11-3-5-12(6-4-11)26-8-14(21)23/h2-7H,8-9H2,1H3,(H2,21,23)(H,22,24). The van der Waals surface area contributed by atoms with E-state index in [4.69, 9.17) is 38.4 Å². The second-order valence-electron chi connectivity index (χ2n) is 5.46. The van der Waals surface area contributed by atoms with Crippen LogP contribution in [-0.2, 0) is 14.3 Å². The zero-order valence-corrected chi connectivity index (χ0v) is 15.8. The van der Waals surface area contributed by atoms with Gasteiger partial charge in [-0.3, -0.25) is 9.59 Å². The minimum atomic E-state index is -0.701. The highest BCUT2D eigenvalue weighted by molar-refractivity contribution is 6.40. The maximum atomic E-state index is 12.0. The first-order valence-corrected chi connectivity index (χ1v) is 8.46. The second kappa shape index (κ2) is 9.25. The predicted octanol–water partition coefficient (Wildman–Crippen LogP) is 2.96.